The van der Waals surface area contributed by atoms with E-state index < -0.39 is 21.3 Å². The Kier molecular flexibility index (Phi) is 4.53. The molecule has 8 heteroatoms. The summed E-state index contributed by atoms with van der Waals surface area (Å²) in [7, 11) is -3.75. The van der Waals surface area contributed by atoms with Crippen LogP contribution in [0.15, 0.2) is 48.8 Å². The molecule has 0 unspecified atom stereocenters. The van der Waals surface area contributed by atoms with Gasteiger partial charge in [-0.2, -0.15) is 0 Å². The molecule has 0 saturated carbocycles. The zero-order valence-corrected chi connectivity index (χ0v) is 15.3. The van der Waals surface area contributed by atoms with Crippen molar-refractivity contribution in [2.75, 3.05) is 10.1 Å². The van der Waals surface area contributed by atoms with E-state index in [2.05, 4.69) is 10.3 Å². The zero-order valence-electron chi connectivity index (χ0n) is 14.5. The lowest BCUT2D eigenvalue weighted by Gasteiger charge is -2.18. The number of rotatable bonds is 4. The van der Waals surface area contributed by atoms with E-state index in [1.54, 1.807) is 50.5 Å². The average molecular weight is 373 g/mol. The number of sulfonamides is 1. The largest absolute Gasteiger partial charge is 0.348 e. The number of hydrogen-bond acceptors (Lipinski definition) is 5. The molecule has 0 aliphatic carbocycles. The minimum absolute atomic E-state index is 0.178. The van der Waals surface area contributed by atoms with Gasteiger partial charge in [0.15, 0.2) is 0 Å². The second-order valence-corrected chi connectivity index (χ2v) is 8.62. The van der Waals surface area contributed by atoms with E-state index in [0.717, 1.165) is 9.87 Å². The summed E-state index contributed by atoms with van der Waals surface area (Å²) >= 11 is 0. The summed E-state index contributed by atoms with van der Waals surface area (Å²) in [6.45, 7) is 3.51. The summed E-state index contributed by atoms with van der Waals surface area (Å²) in [5.74, 6) is -1.10. The number of amides is 2. The summed E-state index contributed by atoms with van der Waals surface area (Å²) in [5.41, 5.74) is 0.364. The molecule has 0 bridgehead atoms. The topological polar surface area (TPSA) is 96.4 Å². The van der Waals surface area contributed by atoms with Crippen LogP contribution in [0.4, 0.5) is 5.69 Å². The molecule has 2 aromatic rings. The number of carbonyl (C=O) groups is 2. The highest BCUT2D eigenvalue weighted by atomic mass is 32.2. The van der Waals surface area contributed by atoms with Crippen molar-refractivity contribution in [2.24, 2.45) is 5.41 Å². The maximum absolute atomic E-state index is 12.5. The molecular weight excluding hydrogens is 354 g/mol. The van der Waals surface area contributed by atoms with E-state index >= 15 is 0 Å². The molecule has 1 N–H and O–H groups in total. The van der Waals surface area contributed by atoms with Gasteiger partial charge in [-0.3, -0.25) is 14.6 Å². The Labute approximate surface area is 152 Å². The Hall–Kier alpha value is -2.74. The highest BCUT2D eigenvalue weighted by molar-refractivity contribution is 7.94. The van der Waals surface area contributed by atoms with Gasteiger partial charge in [0.2, 0.25) is 15.9 Å². The van der Waals surface area contributed by atoms with E-state index in [9.17, 15) is 18.0 Å². The molecule has 0 atom stereocenters. The molecular formula is C18H19N3O4S. The predicted octanol–water partition coefficient (Wildman–Crippen LogP) is 1.71. The molecule has 1 aliphatic rings. The van der Waals surface area contributed by atoms with E-state index in [1.807, 2.05) is 0 Å². The van der Waals surface area contributed by atoms with Gasteiger partial charge in [-0.1, -0.05) is 6.07 Å². The van der Waals surface area contributed by atoms with Gasteiger partial charge in [0.1, 0.15) is 0 Å². The molecule has 0 spiro atoms. The van der Waals surface area contributed by atoms with Gasteiger partial charge in [0, 0.05) is 24.5 Å². The summed E-state index contributed by atoms with van der Waals surface area (Å²) in [6.07, 6.45) is 3.27. The van der Waals surface area contributed by atoms with Gasteiger partial charge in [-0.05, 0) is 49.7 Å². The number of nitrogens with zero attached hydrogens (tertiary/aromatic N) is 2. The van der Waals surface area contributed by atoms with Crippen LogP contribution in [0.2, 0.25) is 0 Å². The molecule has 3 rings (SSSR count). The number of pyridine rings is 1. The third-order valence-corrected chi connectivity index (χ3v) is 6.15. The van der Waals surface area contributed by atoms with Crippen LogP contribution in [0.25, 0.3) is 0 Å². The fourth-order valence-corrected chi connectivity index (χ4v) is 4.92. The first-order valence-corrected chi connectivity index (χ1v) is 9.66. The van der Waals surface area contributed by atoms with Crippen molar-refractivity contribution in [2.45, 2.75) is 20.4 Å². The zero-order chi connectivity index (χ0) is 18.9. The molecule has 1 fully saturated rings. The lowest BCUT2D eigenvalue weighted by molar-refractivity contribution is -0.123. The first-order valence-electron chi connectivity index (χ1n) is 8.05. The van der Waals surface area contributed by atoms with Crippen LogP contribution in [0.3, 0.4) is 0 Å². The van der Waals surface area contributed by atoms with Crippen LogP contribution in [-0.2, 0) is 21.4 Å². The van der Waals surface area contributed by atoms with Crippen molar-refractivity contribution in [3.63, 3.8) is 0 Å². The van der Waals surface area contributed by atoms with E-state index in [-0.39, 0.29) is 22.9 Å². The number of carbonyl (C=O) groups excluding carboxylic acids is 2. The molecule has 1 saturated heterocycles. The Morgan fingerprint density at radius 3 is 2.54 bits per heavy atom. The van der Waals surface area contributed by atoms with E-state index in [0.29, 0.717) is 6.54 Å². The summed E-state index contributed by atoms with van der Waals surface area (Å²) in [6, 6.07) is 9.63. The Morgan fingerprint density at radius 2 is 1.92 bits per heavy atom. The molecule has 0 radical (unpaired) electrons. The normalized spacial score (nSPS) is 17.9. The van der Waals surface area contributed by atoms with Crippen molar-refractivity contribution in [3.05, 3.63) is 59.9 Å². The van der Waals surface area contributed by atoms with Crippen molar-refractivity contribution < 1.29 is 18.0 Å². The third kappa shape index (κ3) is 3.45. The Bertz CT molecular complexity index is 955. The van der Waals surface area contributed by atoms with E-state index in [4.69, 9.17) is 0 Å². The predicted molar refractivity (Wildman–Crippen MR) is 96.9 cm³/mol. The van der Waals surface area contributed by atoms with Gasteiger partial charge in [0.25, 0.3) is 5.91 Å². The quantitative estimate of drug-likeness (QED) is 0.880. The number of anilines is 1. The van der Waals surface area contributed by atoms with Gasteiger partial charge in [-0.15, -0.1) is 0 Å². The second-order valence-electron chi connectivity index (χ2n) is 6.80. The van der Waals surface area contributed by atoms with Crippen LogP contribution in [-0.4, -0.2) is 31.0 Å². The van der Waals surface area contributed by atoms with Crippen molar-refractivity contribution in [3.8, 4) is 0 Å². The summed E-state index contributed by atoms with van der Waals surface area (Å²) in [5, 5.41) is 2.76. The molecule has 7 nitrogen and oxygen atoms in total. The Balaban J connectivity index is 1.82. The van der Waals surface area contributed by atoms with Gasteiger partial charge < -0.3 is 5.32 Å². The number of hydrogen-bond donors (Lipinski definition) is 1. The van der Waals surface area contributed by atoms with Crippen molar-refractivity contribution >= 4 is 27.5 Å². The number of benzene rings is 1. The fourth-order valence-electron chi connectivity index (χ4n) is 2.82. The Morgan fingerprint density at radius 1 is 1.23 bits per heavy atom. The summed E-state index contributed by atoms with van der Waals surface area (Å²) < 4.78 is 25.6. The fraction of sp³-hybridized carbons (Fsp3) is 0.278. The second kappa shape index (κ2) is 6.53. The molecule has 1 aromatic heterocycles. The first-order chi connectivity index (χ1) is 12.2. The van der Waals surface area contributed by atoms with Gasteiger partial charge in [-0.25, -0.2) is 12.7 Å². The minimum Gasteiger partial charge on any atom is -0.348 e. The lowest BCUT2D eigenvalue weighted by atomic mass is 9.95. The first kappa shape index (κ1) is 18.1. The van der Waals surface area contributed by atoms with Crippen LogP contribution < -0.4 is 9.62 Å². The smallest absolute Gasteiger partial charge is 0.251 e. The standard InChI is InChI=1S/C18H19N3O4S/c1-18(2)12-26(24,25)21(17(18)23)15-5-3-4-14(10-15)16(22)20-11-13-6-8-19-9-7-13/h3-10H,11-12H2,1-2H3,(H,20,22). The maximum Gasteiger partial charge on any atom is 0.251 e. The van der Waals surface area contributed by atoms with Crippen molar-refractivity contribution in [1.29, 1.82) is 0 Å². The highest BCUT2D eigenvalue weighted by Gasteiger charge is 2.49. The SMILES string of the molecule is CC1(C)CS(=O)(=O)N(c2cccc(C(=O)NCc3ccncc3)c2)C1=O. The van der Waals surface area contributed by atoms with Crippen LogP contribution in [0.5, 0.6) is 0 Å². The van der Waals surface area contributed by atoms with Gasteiger partial charge in [0.05, 0.1) is 16.9 Å². The summed E-state index contributed by atoms with van der Waals surface area (Å²) in [4.78, 5) is 28.8. The molecule has 1 aliphatic heterocycles. The number of nitrogens with one attached hydrogen (secondary N) is 1. The molecule has 26 heavy (non-hydrogen) atoms. The monoisotopic (exact) mass is 373 g/mol. The number of aromatic nitrogens is 1. The third-order valence-electron chi connectivity index (χ3n) is 4.13. The molecule has 2 amide bonds. The highest BCUT2D eigenvalue weighted by Crippen LogP contribution is 2.35. The molecule has 136 valence electrons. The van der Waals surface area contributed by atoms with Crippen molar-refractivity contribution in [1.82, 2.24) is 10.3 Å². The van der Waals surface area contributed by atoms with Crippen LogP contribution in [0.1, 0.15) is 29.8 Å². The lowest BCUT2D eigenvalue weighted by Crippen LogP contribution is -2.33. The van der Waals surface area contributed by atoms with Crippen LogP contribution in [0, 0.1) is 5.41 Å². The average Bonchev–Trinajstić information content (AvgIpc) is 2.76. The maximum atomic E-state index is 12.5. The van der Waals surface area contributed by atoms with Crippen LogP contribution >= 0.6 is 0 Å². The molecule has 2 heterocycles. The van der Waals surface area contributed by atoms with Gasteiger partial charge >= 0.3 is 0 Å². The van der Waals surface area contributed by atoms with E-state index in [1.165, 1.54) is 12.1 Å². The minimum atomic E-state index is -3.75. The molecule has 1 aromatic carbocycles.